The predicted octanol–water partition coefficient (Wildman–Crippen LogP) is 5.79. The molecule has 0 atom stereocenters. The average molecular weight is 648 g/mol. The van der Waals surface area contributed by atoms with E-state index < -0.39 is 15.6 Å². The lowest BCUT2D eigenvalue weighted by Gasteiger charge is -2.15. The maximum atomic E-state index is 13.1. The second-order valence-electron chi connectivity index (χ2n) is 8.94. The van der Waals surface area contributed by atoms with Crippen molar-refractivity contribution in [2.75, 3.05) is 55.1 Å². The van der Waals surface area contributed by atoms with Crippen LogP contribution < -0.4 is 38.5 Å². The number of ether oxygens (including phenoxy) is 7. The number of benzene rings is 3. The molecule has 1 N–H and O–H groups in total. The van der Waals surface area contributed by atoms with Crippen LogP contribution >= 0.6 is 11.6 Å². The number of hydrogen-bond donors (Lipinski definition) is 1. The van der Waals surface area contributed by atoms with E-state index >= 15 is 0 Å². The number of methoxy groups -OCH3 is 7. The average Bonchev–Trinajstić information content (AvgIpc) is 3.02. The highest BCUT2D eigenvalue weighted by Gasteiger charge is 2.22. The van der Waals surface area contributed by atoms with Crippen LogP contribution in [0.4, 0.5) is 5.69 Å². The number of halogens is 1. The van der Waals surface area contributed by atoms with Crippen LogP contribution in [0.3, 0.4) is 0 Å². The van der Waals surface area contributed by atoms with Gasteiger partial charge < -0.3 is 38.5 Å². The number of allylic oxidation sites excluding steroid dienone is 1. The fraction of sp³-hybridized carbons (Fsp3) is 0.258. The van der Waals surface area contributed by atoms with Gasteiger partial charge >= 0.3 is 0 Å². The third-order valence-electron chi connectivity index (χ3n) is 6.34. The van der Waals surface area contributed by atoms with Crippen LogP contribution in [-0.4, -0.2) is 64.0 Å². The molecule has 0 aliphatic heterocycles. The van der Waals surface area contributed by atoms with Gasteiger partial charge in [-0.05, 0) is 29.8 Å². The van der Waals surface area contributed by atoms with Crippen molar-refractivity contribution in [3.05, 3.63) is 75.8 Å². The Morgan fingerprint density at radius 1 is 0.773 bits per heavy atom. The summed E-state index contributed by atoms with van der Waals surface area (Å²) in [6.07, 6.45) is 4.06. The highest BCUT2D eigenvalue weighted by atomic mass is 35.5. The van der Waals surface area contributed by atoms with Crippen LogP contribution in [0.1, 0.15) is 21.5 Å². The van der Waals surface area contributed by atoms with E-state index in [9.17, 15) is 13.2 Å². The van der Waals surface area contributed by atoms with Crippen molar-refractivity contribution in [2.45, 2.75) is 5.75 Å². The number of carbonyl (C=O) groups excluding carboxylic acids is 1. The first kappa shape index (κ1) is 33.9. The van der Waals surface area contributed by atoms with Gasteiger partial charge in [0.1, 0.15) is 23.0 Å². The highest BCUT2D eigenvalue weighted by molar-refractivity contribution is 7.93. The smallest absolute Gasteiger partial charge is 0.204 e. The van der Waals surface area contributed by atoms with E-state index in [1.54, 1.807) is 30.3 Å². The fourth-order valence-corrected chi connectivity index (χ4v) is 5.60. The van der Waals surface area contributed by atoms with Crippen molar-refractivity contribution in [3.8, 4) is 40.2 Å². The zero-order valence-corrected chi connectivity index (χ0v) is 26.9. The van der Waals surface area contributed by atoms with Gasteiger partial charge in [0.05, 0.1) is 71.8 Å². The second kappa shape index (κ2) is 15.3. The Balaban J connectivity index is 1.84. The summed E-state index contributed by atoms with van der Waals surface area (Å²) >= 11 is 6.42. The Morgan fingerprint density at radius 3 is 1.93 bits per heavy atom. The van der Waals surface area contributed by atoms with E-state index in [1.807, 2.05) is 0 Å². The Kier molecular flexibility index (Phi) is 11.8. The molecule has 0 fully saturated rings. The van der Waals surface area contributed by atoms with Gasteiger partial charge in [-0.25, -0.2) is 8.42 Å². The summed E-state index contributed by atoms with van der Waals surface area (Å²) in [5.74, 6) is 1.62. The van der Waals surface area contributed by atoms with E-state index in [0.29, 0.717) is 39.8 Å². The number of anilines is 1. The minimum atomic E-state index is -3.74. The zero-order chi connectivity index (χ0) is 32.4. The lowest BCUT2D eigenvalue weighted by atomic mass is 10.1. The maximum absolute atomic E-state index is 13.1. The normalized spacial score (nSPS) is 11.4. The summed E-state index contributed by atoms with van der Waals surface area (Å²) in [5, 5.41) is 4.13. The minimum Gasteiger partial charge on any atom is -0.496 e. The highest BCUT2D eigenvalue weighted by Crippen LogP contribution is 2.45. The molecule has 0 aromatic heterocycles. The van der Waals surface area contributed by atoms with Crippen molar-refractivity contribution < 1.29 is 46.4 Å². The molecule has 3 aromatic rings. The van der Waals surface area contributed by atoms with Gasteiger partial charge in [-0.15, -0.1) is 0 Å². The van der Waals surface area contributed by atoms with Gasteiger partial charge in [0.15, 0.2) is 27.1 Å². The fourth-order valence-electron chi connectivity index (χ4n) is 4.20. The van der Waals surface area contributed by atoms with E-state index in [4.69, 9.17) is 44.8 Å². The standard InChI is InChI=1S/C31H34ClNO10S/c1-37-20-15-26(39-3)21(27(16-20)40-4)11-13-44(35,36)18-19-8-9-25(38-2)23(14-19)33-12-10-24(34)22-17-28(41-5)30(42-6)31(43-7)29(22)32/h8-17,33H,18H2,1-7H3/b12-10+,13-11+. The Hall–Kier alpha value is -4.55. The van der Waals surface area contributed by atoms with Crippen LogP contribution in [0, 0.1) is 0 Å². The molecule has 3 rings (SSSR count). The third-order valence-corrected chi connectivity index (χ3v) is 8.00. The summed E-state index contributed by atoms with van der Waals surface area (Å²) in [6, 6.07) is 9.58. The first-order valence-electron chi connectivity index (χ1n) is 12.9. The first-order valence-corrected chi connectivity index (χ1v) is 15.0. The number of hydrogen-bond acceptors (Lipinski definition) is 11. The topological polar surface area (TPSA) is 128 Å². The molecule has 0 spiro atoms. The Morgan fingerprint density at radius 2 is 1.39 bits per heavy atom. The summed E-state index contributed by atoms with van der Waals surface area (Å²) in [5.41, 5.74) is 1.48. The molecule has 0 aliphatic carbocycles. The minimum absolute atomic E-state index is 0.0579. The summed E-state index contributed by atoms with van der Waals surface area (Å²) in [7, 11) is 6.43. The molecule has 0 bridgehead atoms. The third kappa shape index (κ3) is 7.88. The molecule has 0 saturated heterocycles. The Labute approximate surface area is 261 Å². The molecule has 0 amide bonds. The van der Waals surface area contributed by atoms with Crippen LogP contribution in [0.5, 0.6) is 40.2 Å². The van der Waals surface area contributed by atoms with E-state index in [0.717, 1.165) is 5.41 Å². The number of nitrogens with one attached hydrogen (secondary N) is 1. The van der Waals surface area contributed by atoms with Crippen molar-refractivity contribution in [3.63, 3.8) is 0 Å². The van der Waals surface area contributed by atoms with Gasteiger partial charge in [0.2, 0.25) is 5.75 Å². The van der Waals surface area contributed by atoms with Gasteiger partial charge in [0.25, 0.3) is 0 Å². The quantitative estimate of drug-likeness (QED) is 0.159. The largest absolute Gasteiger partial charge is 0.496 e. The Bertz CT molecular complexity index is 1640. The van der Waals surface area contributed by atoms with Crippen molar-refractivity contribution in [1.82, 2.24) is 0 Å². The van der Waals surface area contributed by atoms with E-state index in [-0.39, 0.29) is 33.6 Å². The second-order valence-corrected chi connectivity index (χ2v) is 11.2. The summed E-state index contributed by atoms with van der Waals surface area (Å²) in [6.45, 7) is 0. The van der Waals surface area contributed by atoms with E-state index in [2.05, 4.69) is 5.32 Å². The van der Waals surface area contributed by atoms with Crippen LogP contribution in [0.15, 0.2) is 54.1 Å². The number of ketones is 1. The summed E-state index contributed by atoms with van der Waals surface area (Å²) < 4.78 is 63.5. The van der Waals surface area contributed by atoms with Crippen LogP contribution in [-0.2, 0) is 15.6 Å². The van der Waals surface area contributed by atoms with E-state index in [1.165, 1.54) is 74.2 Å². The first-order chi connectivity index (χ1) is 21.1. The van der Waals surface area contributed by atoms with Crippen LogP contribution in [0.2, 0.25) is 5.02 Å². The molecule has 13 heteroatoms. The van der Waals surface area contributed by atoms with Gasteiger partial charge in [0, 0.05) is 35.4 Å². The molecular weight excluding hydrogens is 614 g/mol. The molecule has 236 valence electrons. The summed E-state index contributed by atoms with van der Waals surface area (Å²) in [4.78, 5) is 13.0. The van der Waals surface area contributed by atoms with Gasteiger partial charge in [-0.1, -0.05) is 17.7 Å². The zero-order valence-electron chi connectivity index (χ0n) is 25.3. The molecule has 0 radical (unpaired) electrons. The molecule has 44 heavy (non-hydrogen) atoms. The maximum Gasteiger partial charge on any atom is 0.204 e. The number of carbonyl (C=O) groups is 1. The monoisotopic (exact) mass is 647 g/mol. The number of rotatable bonds is 15. The molecule has 0 saturated carbocycles. The lowest BCUT2D eigenvalue weighted by molar-refractivity contribution is 0.104. The molecule has 0 heterocycles. The molecule has 0 aliphatic rings. The van der Waals surface area contributed by atoms with Gasteiger partial charge in [-0.3, -0.25) is 4.79 Å². The molecule has 11 nitrogen and oxygen atoms in total. The molecule has 0 unspecified atom stereocenters. The lowest BCUT2D eigenvalue weighted by Crippen LogP contribution is -2.04. The SMILES string of the molecule is COc1cc(OC)c(/C=C/S(=O)(=O)Cc2ccc(OC)c(N/C=C/C(=O)c3cc(OC)c(OC)c(OC)c3Cl)c2)c(OC)c1. The predicted molar refractivity (Wildman–Crippen MR) is 169 cm³/mol. The van der Waals surface area contributed by atoms with Crippen LogP contribution in [0.25, 0.3) is 6.08 Å². The van der Waals surface area contributed by atoms with Crippen molar-refractivity contribution >= 4 is 39.0 Å². The van der Waals surface area contributed by atoms with Crippen molar-refractivity contribution in [2.24, 2.45) is 0 Å². The molecule has 3 aromatic carbocycles. The van der Waals surface area contributed by atoms with Gasteiger partial charge in [-0.2, -0.15) is 0 Å². The number of sulfone groups is 1. The van der Waals surface area contributed by atoms with Crippen molar-refractivity contribution in [1.29, 1.82) is 0 Å². The molecular formula is C31H34ClNO10S.